The normalized spacial score (nSPS) is 12.9. The van der Waals surface area contributed by atoms with E-state index >= 15 is 0 Å². The van der Waals surface area contributed by atoms with Crippen LogP contribution in [0.2, 0.25) is 0 Å². The van der Waals surface area contributed by atoms with Gasteiger partial charge in [0.15, 0.2) is 0 Å². The van der Waals surface area contributed by atoms with Gasteiger partial charge in [-0.3, -0.25) is 4.79 Å². The van der Waals surface area contributed by atoms with Gasteiger partial charge in [0.1, 0.15) is 0 Å². The Labute approximate surface area is 86.4 Å². The molecular weight excluding hydrogens is 222 g/mol. The Morgan fingerprint density at radius 1 is 1.50 bits per heavy atom. The summed E-state index contributed by atoms with van der Waals surface area (Å²) in [5.74, 6) is -0.0995. The fourth-order valence-corrected chi connectivity index (χ4v) is 0.697. The Kier molecular flexibility index (Phi) is 4.98. The maximum Gasteiger partial charge on any atom is 0.252 e. The van der Waals surface area contributed by atoms with Crippen LogP contribution in [0.1, 0.15) is 13.3 Å². The van der Waals surface area contributed by atoms with E-state index in [1.54, 1.807) is 0 Å². The van der Waals surface area contributed by atoms with Gasteiger partial charge < -0.3 is 4.74 Å². The highest BCUT2D eigenvalue weighted by Gasteiger charge is 2.28. The van der Waals surface area contributed by atoms with Crippen LogP contribution in [0.5, 0.6) is 0 Å². The van der Waals surface area contributed by atoms with Crippen LogP contribution in [0.3, 0.4) is 0 Å². The summed E-state index contributed by atoms with van der Waals surface area (Å²) in [4.78, 5) is 11.0. The Morgan fingerprint density at radius 2 is 2.00 bits per heavy atom. The van der Waals surface area contributed by atoms with Crippen molar-refractivity contribution >= 4 is 40.6 Å². The summed E-state index contributed by atoms with van der Waals surface area (Å²) in [7, 11) is 1.46. The first-order chi connectivity index (χ1) is 5.41. The largest absolute Gasteiger partial charge is 0.501 e. The average molecular weight is 232 g/mol. The second kappa shape index (κ2) is 4.95. The SMILES string of the molecule is CC/C(=C/C(=O)C(Cl)(Cl)Cl)OC. The summed E-state index contributed by atoms with van der Waals surface area (Å²) in [6, 6.07) is 0. The van der Waals surface area contributed by atoms with Gasteiger partial charge in [0, 0.05) is 12.5 Å². The molecule has 70 valence electrons. The first-order valence-electron chi connectivity index (χ1n) is 3.27. The molecule has 0 aliphatic rings. The van der Waals surface area contributed by atoms with Gasteiger partial charge in [-0.05, 0) is 0 Å². The number of ether oxygens (including phenoxy) is 1. The first-order valence-corrected chi connectivity index (χ1v) is 4.41. The van der Waals surface area contributed by atoms with E-state index in [9.17, 15) is 4.79 Å². The molecule has 0 rings (SSSR count). The molecule has 0 aliphatic carbocycles. The minimum Gasteiger partial charge on any atom is -0.501 e. The van der Waals surface area contributed by atoms with Gasteiger partial charge >= 0.3 is 0 Å². The van der Waals surface area contributed by atoms with Gasteiger partial charge in [-0.25, -0.2) is 0 Å². The lowest BCUT2D eigenvalue weighted by Crippen LogP contribution is -2.16. The van der Waals surface area contributed by atoms with Crippen molar-refractivity contribution in [1.82, 2.24) is 0 Å². The zero-order chi connectivity index (χ0) is 9.78. The van der Waals surface area contributed by atoms with Crippen molar-refractivity contribution in [3.05, 3.63) is 11.8 Å². The molecule has 0 heterocycles. The Hall–Kier alpha value is 0.0800. The second-order valence-electron chi connectivity index (χ2n) is 2.03. The molecule has 2 nitrogen and oxygen atoms in total. The van der Waals surface area contributed by atoms with Gasteiger partial charge in [-0.15, -0.1) is 0 Å². The summed E-state index contributed by atoms with van der Waals surface area (Å²) < 4.78 is 2.94. The number of alkyl halides is 3. The maximum atomic E-state index is 11.0. The third kappa shape index (κ3) is 4.19. The number of hydrogen-bond donors (Lipinski definition) is 0. The van der Waals surface area contributed by atoms with Crippen LogP contribution in [0.4, 0.5) is 0 Å². The molecule has 0 aromatic carbocycles. The summed E-state index contributed by atoms with van der Waals surface area (Å²) in [5.41, 5.74) is 0. The molecule has 0 aromatic heterocycles. The van der Waals surface area contributed by atoms with Crippen molar-refractivity contribution in [2.24, 2.45) is 0 Å². The molecule has 0 spiro atoms. The Bertz CT molecular complexity index is 187. The summed E-state index contributed by atoms with van der Waals surface area (Å²) >= 11 is 16.0. The van der Waals surface area contributed by atoms with E-state index in [1.165, 1.54) is 13.2 Å². The summed E-state index contributed by atoms with van der Waals surface area (Å²) in [5, 5.41) is 0. The molecular formula is C7H9Cl3O2. The monoisotopic (exact) mass is 230 g/mol. The molecule has 0 bridgehead atoms. The molecule has 0 unspecified atom stereocenters. The lowest BCUT2D eigenvalue weighted by molar-refractivity contribution is -0.114. The van der Waals surface area contributed by atoms with Gasteiger partial charge in [-0.1, -0.05) is 41.7 Å². The van der Waals surface area contributed by atoms with Crippen molar-refractivity contribution in [2.75, 3.05) is 7.11 Å². The highest BCUT2D eigenvalue weighted by molar-refractivity contribution is 6.77. The molecule has 0 radical (unpaired) electrons. The Balaban J connectivity index is 4.42. The second-order valence-corrected chi connectivity index (χ2v) is 4.31. The molecule has 0 saturated heterocycles. The lowest BCUT2D eigenvalue weighted by atomic mass is 10.3. The van der Waals surface area contributed by atoms with E-state index in [4.69, 9.17) is 39.5 Å². The summed E-state index contributed by atoms with van der Waals surface area (Å²) in [6.07, 6.45) is 1.77. The van der Waals surface area contributed by atoms with Crippen LogP contribution in [-0.4, -0.2) is 16.7 Å². The number of ketones is 1. The van der Waals surface area contributed by atoms with E-state index in [0.29, 0.717) is 12.2 Å². The van der Waals surface area contributed by atoms with Crippen molar-refractivity contribution < 1.29 is 9.53 Å². The van der Waals surface area contributed by atoms with E-state index < -0.39 is 9.58 Å². The average Bonchev–Trinajstić information content (AvgIpc) is 1.97. The van der Waals surface area contributed by atoms with Crippen molar-refractivity contribution in [3.8, 4) is 0 Å². The van der Waals surface area contributed by atoms with E-state index in [0.717, 1.165) is 0 Å². The molecule has 0 N–H and O–H groups in total. The van der Waals surface area contributed by atoms with Crippen molar-refractivity contribution in [2.45, 2.75) is 17.1 Å². The number of allylic oxidation sites excluding steroid dienone is 2. The lowest BCUT2D eigenvalue weighted by Gasteiger charge is -2.07. The Morgan fingerprint density at radius 3 is 2.25 bits per heavy atom. The number of halogens is 3. The van der Waals surface area contributed by atoms with Crippen molar-refractivity contribution in [1.29, 1.82) is 0 Å². The molecule has 5 heteroatoms. The number of carbonyl (C=O) groups is 1. The van der Waals surface area contributed by atoms with Crippen LogP contribution in [0.25, 0.3) is 0 Å². The predicted octanol–water partition coefficient (Wildman–Crippen LogP) is 2.87. The number of rotatable bonds is 3. The highest BCUT2D eigenvalue weighted by atomic mass is 35.6. The van der Waals surface area contributed by atoms with Crippen LogP contribution in [-0.2, 0) is 9.53 Å². The van der Waals surface area contributed by atoms with Gasteiger partial charge in [0.05, 0.1) is 12.9 Å². The fraction of sp³-hybridized carbons (Fsp3) is 0.571. The molecule has 0 aliphatic heterocycles. The van der Waals surface area contributed by atoms with Crippen LogP contribution >= 0.6 is 34.8 Å². The number of hydrogen-bond acceptors (Lipinski definition) is 2. The number of carbonyl (C=O) groups excluding carboxylic acids is 1. The standard InChI is InChI=1S/C7H9Cl3O2/c1-3-5(12-2)4-6(11)7(8,9)10/h4H,3H2,1-2H3/b5-4-. The number of methoxy groups -OCH3 is 1. The third-order valence-corrected chi connectivity index (χ3v) is 1.74. The zero-order valence-corrected chi connectivity index (χ0v) is 9.00. The topological polar surface area (TPSA) is 26.3 Å². The van der Waals surface area contributed by atoms with Crippen LogP contribution in [0, 0.1) is 0 Å². The minimum absolute atomic E-state index is 0.492. The fourth-order valence-electron chi connectivity index (χ4n) is 0.533. The first kappa shape index (κ1) is 12.1. The maximum absolute atomic E-state index is 11.0. The van der Waals surface area contributed by atoms with Gasteiger partial charge in [0.25, 0.3) is 3.79 Å². The molecule has 0 amide bonds. The van der Waals surface area contributed by atoms with Gasteiger partial charge in [0.2, 0.25) is 5.78 Å². The molecule has 0 saturated carbocycles. The van der Waals surface area contributed by atoms with Crippen LogP contribution in [0.15, 0.2) is 11.8 Å². The summed E-state index contributed by atoms with van der Waals surface area (Å²) in [6.45, 7) is 1.83. The van der Waals surface area contributed by atoms with E-state index in [1.807, 2.05) is 6.92 Å². The molecule has 0 aromatic rings. The zero-order valence-electron chi connectivity index (χ0n) is 6.73. The van der Waals surface area contributed by atoms with E-state index in [2.05, 4.69) is 0 Å². The minimum atomic E-state index is -1.89. The molecule has 0 atom stereocenters. The molecule has 12 heavy (non-hydrogen) atoms. The smallest absolute Gasteiger partial charge is 0.252 e. The third-order valence-electron chi connectivity index (χ3n) is 1.18. The predicted molar refractivity (Wildman–Crippen MR) is 50.7 cm³/mol. The van der Waals surface area contributed by atoms with Gasteiger partial charge in [-0.2, -0.15) is 0 Å². The van der Waals surface area contributed by atoms with E-state index in [-0.39, 0.29) is 0 Å². The van der Waals surface area contributed by atoms with Crippen LogP contribution < -0.4 is 0 Å². The molecule has 0 fully saturated rings. The quantitative estimate of drug-likeness (QED) is 0.424. The highest BCUT2D eigenvalue weighted by Crippen LogP contribution is 2.28. The van der Waals surface area contributed by atoms with Crippen molar-refractivity contribution in [3.63, 3.8) is 0 Å².